The summed E-state index contributed by atoms with van der Waals surface area (Å²) in [5, 5.41) is 14.5. The molecule has 0 saturated heterocycles. The molecule has 0 atom stereocenters. The lowest BCUT2D eigenvalue weighted by molar-refractivity contribution is -0.117. The number of nitrogens with one attached hydrogen (secondary N) is 4. The second kappa shape index (κ2) is 39.2. The van der Waals surface area contributed by atoms with Gasteiger partial charge >= 0.3 is 0 Å². The Morgan fingerprint density at radius 2 is 0.496 bits per heavy atom. The third kappa shape index (κ3) is 19.9. The van der Waals surface area contributed by atoms with Gasteiger partial charge in [-0.1, -0.05) is 352 Å². The summed E-state index contributed by atoms with van der Waals surface area (Å²) in [6, 6.07) is 118. The molecule has 4 N–H and O–H groups in total. The van der Waals surface area contributed by atoms with Gasteiger partial charge < -0.3 is 21.3 Å². The Bertz CT molecular complexity index is 6830. The Morgan fingerprint density at radius 3 is 0.850 bits per heavy atom. The molecule has 0 bridgehead atoms. The normalized spacial score (nSPS) is 12.0. The first kappa shape index (κ1) is 82.3. The van der Waals surface area contributed by atoms with E-state index in [1.54, 1.807) is 0 Å². The first-order valence-electron chi connectivity index (χ1n) is 43.6. The fourth-order valence-corrected chi connectivity index (χ4v) is 16.9. The molecule has 620 valence electrons. The van der Waals surface area contributed by atoms with Crippen LogP contribution in [0.4, 0.5) is 23.3 Å². The van der Waals surface area contributed by atoms with Gasteiger partial charge in [-0.25, -0.2) is 39.9 Å². The zero-order chi connectivity index (χ0) is 86.0. The van der Waals surface area contributed by atoms with Gasteiger partial charge in [0.2, 0.25) is 23.6 Å². The van der Waals surface area contributed by atoms with Gasteiger partial charge in [-0.15, -0.1) is 0 Å². The van der Waals surface area contributed by atoms with Crippen molar-refractivity contribution in [3.63, 3.8) is 0 Å². The maximum absolute atomic E-state index is 13.1. The average molecular weight is 1660 g/mol. The molecule has 4 amide bonds. The third-order valence-electron chi connectivity index (χ3n) is 23.3. The summed E-state index contributed by atoms with van der Waals surface area (Å²) in [6.07, 6.45) is 10.8. The number of rotatable bonds is 19. The fraction of sp³-hybridized carbons (Fsp3) is 0.135. The van der Waals surface area contributed by atoms with E-state index in [2.05, 4.69) is 130 Å². The highest BCUT2D eigenvalue weighted by molar-refractivity contribution is 5.98. The molecule has 4 aliphatic rings. The molecule has 4 aliphatic carbocycles. The van der Waals surface area contributed by atoms with Gasteiger partial charge in [0.25, 0.3) is 0 Å². The largest absolute Gasteiger partial charge is 0.309 e. The molecule has 16 nitrogen and oxygen atoms in total. The van der Waals surface area contributed by atoms with Crippen LogP contribution in [-0.4, -0.2) is 63.5 Å². The van der Waals surface area contributed by atoms with Gasteiger partial charge in [0.1, 0.15) is 22.8 Å². The zero-order valence-electron chi connectivity index (χ0n) is 70.3. The van der Waals surface area contributed by atoms with Gasteiger partial charge in [0, 0.05) is 57.3 Å². The Labute approximate surface area is 739 Å². The molecule has 127 heavy (non-hydrogen) atoms. The second-order valence-corrected chi connectivity index (χ2v) is 32.0. The number of amides is 4. The van der Waals surface area contributed by atoms with E-state index in [-0.39, 0.29) is 30.0 Å². The highest BCUT2D eigenvalue weighted by atomic mass is 16.2. The van der Waals surface area contributed by atoms with Gasteiger partial charge in [-0.05, 0) is 126 Å². The molecule has 4 aromatic heterocycles. The number of nitrogens with zero attached hydrogens (tertiary/aromatic N) is 8. The molecule has 4 heterocycles. The number of carbonyl (C=O) groups excluding carboxylic acids is 4. The van der Waals surface area contributed by atoms with E-state index in [0.717, 1.165) is 182 Å². The number of aromatic nitrogens is 8. The molecule has 17 aromatic rings. The Hall–Kier alpha value is -15.7. The number of hydrogen-bond acceptors (Lipinski definition) is 12. The Morgan fingerprint density at radius 1 is 0.220 bits per heavy atom. The lowest BCUT2D eigenvalue weighted by Crippen LogP contribution is -2.18. The highest BCUT2D eigenvalue weighted by Crippen LogP contribution is 2.41. The first-order valence-corrected chi connectivity index (χ1v) is 43.6. The van der Waals surface area contributed by atoms with Crippen LogP contribution in [0, 0.1) is 0 Å². The summed E-state index contributed by atoms with van der Waals surface area (Å²) in [7, 11) is 0. The van der Waals surface area contributed by atoms with E-state index in [1.807, 2.05) is 243 Å². The summed E-state index contributed by atoms with van der Waals surface area (Å²) in [5.74, 6) is 1.88. The molecule has 0 spiro atoms. The molecule has 0 aliphatic heterocycles. The SMILES string of the molecule is O=C(CCCc1ccccc1)Nc1nc2c(nc1-c1ccccc1)-c1ccccc1CC2.O=C(CCc1ccccc1)Nc1nc2c(nc1-c1ccccc1)-c1ccccc1CC2.O=C(Cc1ccc2ccccc2c1)Nc1nc2c(nc1-c1ccccc1)-c1ccccc1CC2.O=C(Cc1ccccc1)Nc1nc2c(nc1-c1ccccc1)-c1ccccc1CC2. The lowest BCUT2D eigenvalue weighted by Gasteiger charge is -2.21. The van der Waals surface area contributed by atoms with E-state index in [4.69, 9.17) is 39.9 Å². The molecule has 0 fully saturated rings. The summed E-state index contributed by atoms with van der Waals surface area (Å²) < 4.78 is 0. The number of anilines is 4. The number of fused-ring (bicyclic) bond motifs is 13. The second-order valence-electron chi connectivity index (χ2n) is 32.0. The molecule has 13 aromatic carbocycles. The van der Waals surface area contributed by atoms with E-state index in [1.165, 1.54) is 33.2 Å². The predicted octanol–water partition coefficient (Wildman–Crippen LogP) is 22.7. The monoisotopic (exact) mass is 1660 g/mol. The number of benzene rings is 13. The van der Waals surface area contributed by atoms with Crippen LogP contribution in [0.25, 0.3) is 101 Å². The fourth-order valence-electron chi connectivity index (χ4n) is 16.9. The minimum Gasteiger partial charge on any atom is -0.309 e. The van der Waals surface area contributed by atoms with Crippen LogP contribution in [-0.2, 0) is 96.2 Å². The Balaban J connectivity index is 0.000000115. The smallest absolute Gasteiger partial charge is 0.230 e. The van der Waals surface area contributed by atoms with Crippen molar-refractivity contribution in [2.45, 2.75) is 96.3 Å². The van der Waals surface area contributed by atoms with Crippen molar-refractivity contribution in [1.29, 1.82) is 0 Å². The molecule has 21 rings (SSSR count). The third-order valence-corrected chi connectivity index (χ3v) is 23.3. The van der Waals surface area contributed by atoms with Gasteiger partial charge in [0.15, 0.2) is 23.3 Å². The van der Waals surface area contributed by atoms with Crippen molar-refractivity contribution in [2.24, 2.45) is 0 Å². The van der Waals surface area contributed by atoms with Crippen LogP contribution in [0.5, 0.6) is 0 Å². The number of carbonyl (C=O) groups is 4. The zero-order valence-corrected chi connectivity index (χ0v) is 70.3. The summed E-state index contributed by atoms with van der Waals surface area (Å²) in [4.78, 5) is 91.1. The van der Waals surface area contributed by atoms with E-state index in [9.17, 15) is 19.2 Å². The van der Waals surface area contributed by atoms with Crippen molar-refractivity contribution in [3.05, 3.63) is 419 Å². The van der Waals surface area contributed by atoms with Gasteiger partial charge in [-0.3, -0.25) is 19.2 Å². The molecular weight excluding hydrogens is 1570 g/mol. The van der Waals surface area contributed by atoms with Crippen molar-refractivity contribution in [3.8, 4) is 90.1 Å². The van der Waals surface area contributed by atoms with Crippen LogP contribution in [0.1, 0.15) is 86.5 Å². The van der Waals surface area contributed by atoms with E-state index >= 15 is 0 Å². The lowest BCUT2D eigenvalue weighted by atomic mass is 9.91. The van der Waals surface area contributed by atoms with Crippen LogP contribution >= 0.6 is 0 Å². The summed E-state index contributed by atoms with van der Waals surface area (Å²) >= 11 is 0. The topological polar surface area (TPSA) is 220 Å². The molecule has 0 radical (unpaired) electrons. The van der Waals surface area contributed by atoms with Crippen molar-refractivity contribution < 1.29 is 19.2 Å². The molecule has 0 unspecified atom stereocenters. The van der Waals surface area contributed by atoms with Gasteiger partial charge in [0.05, 0.1) is 58.4 Å². The quantitative estimate of drug-likeness (QED) is 0.0594. The van der Waals surface area contributed by atoms with E-state index in [0.29, 0.717) is 66.0 Å². The Kier molecular flexibility index (Phi) is 25.4. The van der Waals surface area contributed by atoms with Crippen molar-refractivity contribution in [1.82, 2.24) is 39.9 Å². The van der Waals surface area contributed by atoms with Crippen molar-refractivity contribution >= 4 is 57.7 Å². The average Bonchev–Trinajstić information content (AvgIpc) is 0.784. The number of aryl methyl sites for hydroxylation is 10. The highest BCUT2D eigenvalue weighted by Gasteiger charge is 2.29. The first-order chi connectivity index (χ1) is 62.6. The minimum atomic E-state index is -0.0991. The maximum atomic E-state index is 13.1. The van der Waals surface area contributed by atoms with Gasteiger partial charge in [-0.2, -0.15) is 0 Å². The number of hydrogen-bond donors (Lipinski definition) is 4. The van der Waals surface area contributed by atoms with Crippen molar-refractivity contribution in [2.75, 3.05) is 21.3 Å². The van der Waals surface area contributed by atoms with Crippen LogP contribution in [0.2, 0.25) is 0 Å². The van der Waals surface area contributed by atoms with Crippen LogP contribution in [0.3, 0.4) is 0 Å². The summed E-state index contributed by atoms with van der Waals surface area (Å²) in [5.41, 5.74) is 28.0. The van der Waals surface area contributed by atoms with Crippen LogP contribution < -0.4 is 21.3 Å². The minimum absolute atomic E-state index is 0.0245. The van der Waals surface area contributed by atoms with Crippen LogP contribution in [0.15, 0.2) is 352 Å². The molecule has 0 saturated carbocycles. The predicted molar refractivity (Wildman–Crippen MR) is 508 cm³/mol. The standard InChI is InChI=1S/C30H23N3O.C28H25N3O.C27H23N3O.C26H21N3O/c34-27(19-20-14-15-21-8-4-5-12-24(21)18-20)32-30-28(23-10-2-1-3-11-23)33-29-25-13-7-6-9-22(25)16-17-26(29)31-30;32-25(17-9-12-20-10-3-1-4-11-20)30-28-26(22-14-5-2-6-15-22)31-27-23-16-8-7-13-21(23)18-19-24(27)29-28;31-24(18-15-19-9-3-1-4-10-19)29-27-25(21-12-5-2-6-13-21)30-26-22-14-8-7-11-20(22)16-17-23(26)28-27;30-23(17-18-9-3-1-4-10-18)28-26-24(20-12-5-2-6-13-20)29-25-21-14-8-7-11-19(21)15-16-22(25)27-26/h1-15,18H,16-17,19H2,(H,31,32,34);1-8,10-11,13-16H,9,12,17-19H2,(H,29,30,32);1-14H,15-18H2,(H,28,29,31);1-14H,15-17H2,(H,27,28,30). The van der Waals surface area contributed by atoms with E-state index < -0.39 is 0 Å². The summed E-state index contributed by atoms with van der Waals surface area (Å²) in [6.45, 7) is 0. The maximum Gasteiger partial charge on any atom is 0.230 e. The molecular formula is C111H92N12O4. The molecule has 16 heteroatoms.